The van der Waals surface area contributed by atoms with Crippen LogP contribution in [0.4, 0.5) is 14.9 Å². The van der Waals surface area contributed by atoms with Gasteiger partial charge in [-0.25, -0.2) is 9.18 Å². The summed E-state index contributed by atoms with van der Waals surface area (Å²) in [6, 6.07) is 5.59. The van der Waals surface area contributed by atoms with E-state index in [-0.39, 0.29) is 24.6 Å². The predicted octanol–water partition coefficient (Wildman–Crippen LogP) is 2.47. The first-order valence-electron chi connectivity index (χ1n) is 6.47. The molecular formula is C14H19FN2O3. The first kappa shape index (κ1) is 15.9. The van der Waals surface area contributed by atoms with Crippen LogP contribution in [0.1, 0.15) is 20.3 Å². The van der Waals surface area contributed by atoms with E-state index in [2.05, 4.69) is 5.32 Å². The van der Waals surface area contributed by atoms with E-state index in [1.807, 2.05) is 0 Å². The van der Waals surface area contributed by atoms with E-state index in [1.54, 1.807) is 26.0 Å². The Labute approximate surface area is 117 Å². The maximum atomic E-state index is 13.7. The Hall–Kier alpha value is -2.11. The molecule has 1 unspecified atom stereocenters. The number of rotatable bonds is 6. The zero-order valence-electron chi connectivity index (χ0n) is 11.6. The highest BCUT2D eigenvalue weighted by atomic mass is 19.1. The highest BCUT2D eigenvalue weighted by Crippen LogP contribution is 2.18. The number of anilines is 1. The minimum absolute atomic E-state index is 0.0217. The van der Waals surface area contributed by atoms with Crippen LogP contribution in [0.15, 0.2) is 24.3 Å². The van der Waals surface area contributed by atoms with Crippen molar-refractivity contribution in [1.82, 2.24) is 5.32 Å². The smallest absolute Gasteiger partial charge is 0.321 e. The molecule has 5 nitrogen and oxygen atoms in total. The summed E-state index contributed by atoms with van der Waals surface area (Å²) in [6.07, 6.45) is -0.0217. The molecule has 1 aromatic carbocycles. The number of hydrogen-bond donors (Lipinski definition) is 2. The third-order valence-electron chi connectivity index (χ3n) is 2.83. The van der Waals surface area contributed by atoms with Gasteiger partial charge in [-0.1, -0.05) is 19.1 Å². The zero-order valence-corrected chi connectivity index (χ0v) is 11.6. The Kier molecular flexibility index (Phi) is 5.96. The van der Waals surface area contributed by atoms with Crippen LogP contribution in [0.2, 0.25) is 0 Å². The number of para-hydroxylation sites is 1. The molecule has 1 aromatic rings. The highest BCUT2D eigenvalue weighted by Gasteiger charge is 2.17. The molecule has 0 saturated heterocycles. The summed E-state index contributed by atoms with van der Waals surface area (Å²) in [5.41, 5.74) is 0.207. The number of carboxylic acid groups (broad SMARTS) is 1. The summed E-state index contributed by atoms with van der Waals surface area (Å²) in [4.78, 5) is 23.8. The van der Waals surface area contributed by atoms with Crippen molar-refractivity contribution in [3.63, 3.8) is 0 Å². The summed E-state index contributed by atoms with van der Waals surface area (Å²) in [6.45, 7) is 4.02. The van der Waals surface area contributed by atoms with Gasteiger partial charge in [0.1, 0.15) is 5.82 Å². The van der Waals surface area contributed by atoms with Gasteiger partial charge in [0.25, 0.3) is 0 Å². The van der Waals surface area contributed by atoms with E-state index < -0.39 is 17.8 Å². The molecule has 1 rings (SSSR count). The molecule has 2 N–H and O–H groups in total. The zero-order chi connectivity index (χ0) is 15.1. The van der Waals surface area contributed by atoms with Crippen molar-refractivity contribution >= 4 is 17.7 Å². The SMILES string of the molecule is CCN(C(=O)NCC(C)CC(=O)O)c1ccccc1F. The van der Waals surface area contributed by atoms with E-state index in [4.69, 9.17) is 5.11 Å². The monoisotopic (exact) mass is 282 g/mol. The Balaban J connectivity index is 2.65. The largest absolute Gasteiger partial charge is 0.481 e. The predicted molar refractivity (Wildman–Crippen MR) is 74.2 cm³/mol. The molecule has 0 fully saturated rings. The minimum Gasteiger partial charge on any atom is -0.481 e. The number of amides is 2. The van der Waals surface area contributed by atoms with Crippen molar-refractivity contribution in [2.45, 2.75) is 20.3 Å². The molecule has 0 spiro atoms. The topological polar surface area (TPSA) is 69.6 Å². The summed E-state index contributed by atoms with van der Waals surface area (Å²) in [5, 5.41) is 11.3. The molecule has 0 bridgehead atoms. The van der Waals surface area contributed by atoms with Crippen molar-refractivity contribution in [3.05, 3.63) is 30.1 Å². The average molecular weight is 282 g/mol. The number of hydrogen-bond acceptors (Lipinski definition) is 2. The molecule has 20 heavy (non-hydrogen) atoms. The lowest BCUT2D eigenvalue weighted by atomic mass is 10.1. The van der Waals surface area contributed by atoms with E-state index in [0.29, 0.717) is 6.54 Å². The fourth-order valence-corrected chi connectivity index (χ4v) is 1.82. The number of nitrogens with zero attached hydrogens (tertiary/aromatic N) is 1. The number of nitrogens with one attached hydrogen (secondary N) is 1. The van der Waals surface area contributed by atoms with Gasteiger partial charge in [-0.05, 0) is 25.0 Å². The molecule has 110 valence electrons. The Morgan fingerprint density at radius 1 is 1.40 bits per heavy atom. The van der Waals surface area contributed by atoms with Crippen LogP contribution in [-0.2, 0) is 4.79 Å². The summed E-state index contributed by atoms with van der Waals surface area (Å²) in [5.74, 6) is -1.56. The van der Waals surface area contributed by atoms with Gasteiger partial charge in [-0.15, -0.1) is 0 Å². The first-order chi connectivity index (χ1) is 9.45. The van der Waals surface area contributed by atoms with E-state index in [9.17, 15) is 14.0 Å². The van der Waals surface area contributed by atoms with E-state index >= 15 is 0 Å². The number of carbonyl (C=O) groups excluding carboxylic acids is 1. The highest BCUT2D eigenvalue weighted by molar-refractivity contribution is 5.92. The molecule has 0 radical (unpaired) electrons. The van der Waals surface area contributed by atoms with E-state index in [1.165, 1.54) is 17.0 Å². The quantitative estimate of drug-likeness (QED) is 0.842. The maximum Gasteiger partial charge on any atom is 0.321 e. The molecule has 0 heterocycles. The Morgan fingerprint density at radius 3 is 2.60 bits per heavy atom. The van der Waals surface area contributed by atoms with Gasteiger partial charge in [-0.2, -0.15) is 0 Å². The van der Waals surface area contributed by atoms with Crippen LogP contribution in [-0.4, -0.2) is 30.2 Å². The maximum absolute atomic E-state index is 13.7. The van der Waals surface area contributed by atoms with Gasteiger partial charge in [0.15, 0.2) is 0 Å². The van der Waals surface area contributed by atoms with Gasteiger partial charge in [0.05, 0.1) is 5.69 Å². The number of carbonyl (C=O) groups is 2. The molecule has 0 saturated carbocycles. The van der Waals surface area contributed by atoms with Gasteiger partial charge in [0, 0.05) is 19.5 Å². The van der Waals surface area contributed by atoms with Crippen molar-refractivity contribution in [2.75, 3.05) is 18.0 Å². The number of urea groups is 1. The Bertz CT molecular complexity index is 479. The molecule has 1 atom stereocenters. The number of benzene rings is 1. The number of carboxylic acids is 1. The van der Waals surface area contributed by atoms with Crippen molar-refractivity contribution < 1.29 is 19.1 Å². The lowest BCUT2D eigenvalue weighted by molar-refractivity contribution is -0.137. The van der Waals surface area contributed by atoms with E-state index in [0.717, 1.165) is 0 Å². The fourth-order valence-electron chi connectivity index (χ4n) is 1.82. The van der Waals surface area contributed by atoms with Crippen molar-refractivity contribution in [2.24, 2.45) is 5.92 Å². The van der Waals surface area contributed by atoms with Crippen LogP contribution in [0.5, 0.6) is 0 Å². The summed E-state index contributed by atoms with van der Waals surface area (Å²) >= 11 is 0. The van der Waals surface area contributed by atoms with Gasteiger partial charge >= 0.3 is 12.0 Å². The second kappa shape index (κ2) is 7.47. The van der Waals surface area contributed by atoms with Crippen LogP contribution < -0.4 is 10.2 Å². The van der Waals surface area contributed by atoms with Crippen molar-refractivity contribution in [3.8, 4) is 0 Å². The second-order valence-corrected chi connectivity index (χ2v) is 4.58. The lowest BCUT2D eigenvalue weighted by Gasteiger charge is -2.22. The molecule has 0 aromatic heterocycles. The van der Waals surface area contributed by atoms with Gasteiger partial charge in [-0.3, -0.25) is 9.69 Å². The van der Waals surface area contributed by atoms with Crippen LogP contribution in [0.3, 0.4) is 0 Å². The molecule has 2 amide bonds. The summed E-state index contributed by atoms with van der Waals surface area (Å²) < 4.78 is 13.7. The van der Waals surface area contributed by atoms with Crippen LogP contribution >= 0.6 is 0 Å². The van der Waals surface area contributed by atoms with Gasteiger partial charge < -0.3 is 10.4 Å². The van der Waals surface area contributed by atoms with Gasteiger partial charge in [0.2, 0.25) is 0 Å². The summed E-state index contributed by atoms with van der Waals surface area (Å²) in [7, 11) is 0. The third kappa shape index (κ3) is 4.53. The lowest BCUT2D eigenvalue weighted by Crippen LogP contribution is -2.42. The molecule has 0 aliphatic carbocycles. The average Bonchev–Trinajstić information content (AvgIpc) is 2.38. The van der Waals surface area contributed by atoms with Crippen molar-refractivity contribution in [1.29, 1.82) is 0 Å². The molecule has 6 heteroatoms. The Morgan fingerprint density at radius 2 is 2.05 bits per heavy atom. The standard InChI is InChI=1S/C14H19FN2O3/c1-3-17(12-7-5-4-6-11(12)15)14(20)16-9-10(2)8-13(18)19/h4-7,10H,3,8-9H2,1-2H3,(H,16,20)(H,18,19). The minimum atomic E-state index is -0.909. The van der Waals surface area contributed by atoms with Crippen LogP contribution in [0.25, 0.3) is 0 Å². The second-order valence-electron chi connectivity index (χ2n) is 4.58. The third-order valence-corrected chi connectivity index (χ3v) is 2.83. The molecular weight excluding hydrogens is 263 g/mol. The molecule has 0 aliphatic heterocycles. The molecule has 0 aliphatic rings. The number of halogens is 1. The van der Waals surface area contributed by atoms with Crippen LogP contribution in [0, 0.1) is 11.7 Å². The number of aliphatic carboxylic acids is 1. The first-order valence-corrected chi connectivity index (χ1v) is 6.47. The fraction of sp³-hybridized carbons (Fsp3) is 0.429. The normalized spacial score (nSPS) is 11.8.